The second-order valence-corrected chi connectivity index (χ2v) is 7.74. The van der Waals surface area contributed by atoms with Crippen molar-refractivity contribution in [2.24, 2.45) is 5.92 Å². The molecule has 21 heavy (non-hydrogen) atoms. The molecule has 0 unspecified atom stereocenters. The summed E-state index contributed by atoms with van der Waals surface area (Å²) >= 11 is 0. The number of nitrogens with zero attached hydrogens (tertiary/aromatic N) is 1. The Labute approximate surface area is 127 Å². The van der Waals surface area contributed by atoms with Crippen molar-refractivity contribution in [2.45, 2.75) is 25.0 Å². The normalized spacial score (nSPS) is 18.0. The number of benzene rings is 1. The van der Waals surface area contributed by atoms with Crippen LogP contribution in [-0.2, 0) is 15.8 Å². The molecule has 0 aliphatic carbocycles. The number of likely N-dealkylation sites (tertiary alicyclic amines) is 1. The van der Waals surface area contributed by atoms with Gasteiger partial charge in [0.2, 0.25) is 10.0 Å². The summed E-state index contributed by atoms with van der Waals surface area (Å²) < 4.78 is 26.8. The molecule has 0 atom stereocenters. The third-order valence-corrected chi connectivity index (χ3v) is 5.41. The molecule has 5 nitrogen and oxygen atoms in total. The van der Waals surface area contributed by atoms with Crippen LogP contribution in [0.1, 0.15) is 24.8 Å². The van der Waals surface area contributed by atoms with Crippen LogP contribution >= 0.6 is 0 Å². The number of rotatable bonds is 6. The fraction of sp³-hybridized carbons (Fsp3) is 0.600. The van der Waals surface area contributed by atoms with E-state index in [1.807, 2.05) is 0 Å². The van der Waals surface area contributed by atoms with Crippen LogP contribution in [0, 0.1) is 5.92 Å². The number of nitrogens with two attached hydrogens (primary N) is 1. The quantitative estimate of drug-likeness (QED) is 0.779. The Kier molecular flexibility index (Phi) is 5.61. The molecule has 1 aliphatic heterocycles. The van der Waals surface area contributed by atoms with E-state index < -0.39 is 10.0 Å². The van der Waals surface area contributed by atoms with Crippen molar-refractivity contribution in [1.82, 2.24) is 9.62 Å². The minimum atomic E-state index is -3.26. The van der Waals surface area contributed by atoms with E-state index in [1.54, 1.807) is 24.3 Å². The summed E-state index contributed by atoms with van der Waals surface area (Å²) in [5.41, 5.74) is 7.00. The number of hydrogen-bond acceptors (Lipinski definition) is 4. The predicted molar refractivity (Wildman–Crippen MR) is 86.3 cm³/mol. The maximum Gasteiger partial charge on any atom is 0.215 e. The van der Waals surface area contributed by atoms with E-state index in [4.69, 9.17) is 5.73 Å². The highest BCUT2D eigenvalue weighted by Crippen LogP contribution is 2.19. The lowest BCUT2D eigenvalue weighted by molar-refractivity contribution is 0.213. The van der Waals surface area contributed by atoms with Gasteiger partial charge in [-0.15, -0.1) is 0 Å². The lowest BCUT2D eigenvalue weighted by Crippen LogP contribution is -2.33. The summed E-state index contributed by atoms with van der Waals surface area (Å²) in [6.07, 6.45) is 3.25. The summed E-state index contributed by atoms with van der Waals surface area (Å²) in [6, 6.07) is 6.96. The minimum absolute atomic E-state index is 0.0146. The molecule has 6 heteroatoms. The SMILES string of the molecule is CN1CCC(CCNS(=O)(=O)Cc2ccc(N)cc2)CC1. The van der Waals surface area contributed by atoms with Gasteiger partial charge in [-0.2, -0.15) is 0 Å². The molecule has 1 saturated heterocycles. The molecule has 0 saturated carbocycles. The van der Waals surface area contributed by atoms with Gasteiger partial charge in [0, 0.05) is 12.2 Å². The van der Waals surface area contributed by atoms with Crippen molar-refractivity contribution in [2.75, 3.05) is 32.4 Å². The van der Waals surface area contributed by atoms with E-state index in [1.165, 1.54) is 0 Å². The van der Waals surface area contributed by atoms with Crippen molar-refractivity contribution in [3.05, 3.63) is 29.8 Å². The molecule has 0 bridgehead atoms. The first-order valence-electron chi connectivity index (χ1n) is 7.45. The first-order chi connectivity index (χ1) is 9.94. The van der Waals surface area contributed by atoms with Crippen LogP contribution in [0.15, 0.2) is 24.3 Å². The minimum Gasteiger partial charge on any atom is -0.399 e. The maximum atomic E-state index is 12.0. The van der Waals surface area contributed by atoms with Gasteiger partial charge in [0.05, 0.1) is 5.75 Å². The molecular weight excluding hydrogens is 286 g/mol. The summed E-state index contributed by atoms with van der Waals surface area (Å²) in [4.78, 5) is 2.32. The van der Waals surface area contributed by atoms with Crippen LogP contribution in [0.2, 0.25) is 0 Å². The van der Waals surface area contributed by atoms with Crippen molar-refractivity contribution >= 4 is 15.7 Å². The molecule has 1 fully saturated rings. The zero-order valence-corrected chi connectivity index (χ0v) is 13.4. The van der Waals surface area contributed by atoms with Gasteiger partial charge in [-0.25, -0.2) is 13.1 Å². The Hall–Kier alpha value is -1.11. The van der Waals surface area contributed by atoms with Crippen molar-refractivity contribution in [3.63, 3.8) is 0 Å². The molecular formula is C15H25N3O2S. The maximum absolute atomic E-state index is 12.0. The lowest BCUT2D eigenvalue weighted by Gasteiger charge is -2.28. The molecule has 0 spiro atoms. The third kappa shape index (κ3) is 5.65. The molecule has 3 N–H and O–H groups in total. The zero-order valence-electron chi connectivity index (χ0n) is 12.6. The van der Waals surface area contributed by atoms with E-state index in [9.17, 15) is 8.42 Å². The fourth-order valence-corrected chi connectivity index (χ4v) is 3.82. The van der Waals surface area contributed by atoms with Gasteiger partial charge in [0.25, 0.3) is 0 Å². The van der Waals surface area contributed by atoms with Crippen molar-refractivity contribution in [1.29, 1.82) is 0 Å². The van der Waals surface area contributed by atoms with Gasteiger partial charge >= 0.3 is 0 Å². The Bertz CT molecular complexity index is 535. The first kappa shape index (κ1) is 16.3. The Morgan fingerprint density at radius 2 is 1.86 bits per heavy atom. The van der Waals surface area contributed by atoms with E-state index in [0.29, 0.717) is 18.2 Å². The number of piperidine rings is 1. The van der Waals surface area contributed by atoms with Gasteiger partial charge in [0.1, 0.15) is 0 Å². The largest absolute Gasteiger partial charge is 0.399 e. The number of anilines is 1. The molecule has 1 aromatic carbocycles. The summed E-state index contributed by atoms with van der Waals surface area (Å²) in [5, 5.41) is 0. The van der Waals surface area contributed by atoms with Gasteiger partial charge in [-0.05, 0) is 63.0 Å². The number of nitrogen functional groups attached to an aromatic ring is 1. The van der Waals surface area contributed by atoms with E-state index in [0.717, 1.165) is 37.9 Å². The number of nitrogens with one attached hydrogen (secondary N) is 1. The first-order valence-corrected chi connectivity index (χ1v) is 9.10. The third-order valence-electron chi connectivity index (χ3n) is 4.05. The van der Waals surface area contributed by atoms with Gasteiger partial charge < -0.3 is 10.6 Å². The van der Waals surface area contributed by atoms with Gasteiger partial charge in [-0.1, -0.05) is 12.1 Å². The van der Waals surface area contributed by atoms with Crippen LogP contribution in [0.5, 0.6) is 0 Å². The Morgan fingerprint density at radius 3 is 2.48 bits per heavy atom. The summed E-state index contributed by atoms with van der Waals surface area (Å²) in [5.74, 6) is 0.654. The number of sulfonamides is 1. The topological polar surface area (TPSA) is 75.4 Å². The van der Waals surface area contributed by atoms with Crippen LogP contribution in [0.25, 0.3) is 0 Å². The van der Waals surface area contributed by atoms with Crippen LogP contribution in [0.4, 0.5) is 5.69 Å². The van der Waals surface area contributed by atoms with Crippen LogP contribution in [0.3, 0.4) is 0 Å². The molecule has 118 valence electrons. The van der Waals surface area contributed by atoms with Crippen molar-refractivity contribution in [3.8, 4) is 0 Å². The van der Waals surface area contributed by atoms with Gasteiger partial charge in [-0.3, -0.25) is 0 Å². The highest BCUT2D eigenvalue weighted by molar-refractivity contribution is 7.88. The summed E-state index contributed by atoms with van der Waals surface area (Å²) in [6.45, 7) is 2.76. The van der Waals surface area contributed by atoms with E-state index in [2.05, 4.69) is 16.7 Å². The second kappa shape index (κ2) is 7.24. The Morgan fingerprint density at radius 1 is 1.24 bits per heavy atom. The second-order valence-electron chi connectivity index (χ2n) is 5.93. The lowest BCUT2D eigenvalue weighted by atomic mass is 9.94. The molecule has 0 radical (unpaired) electrons. The molecule has 1 aromatic rings. The summed E-state index contributed by atoms with van der Waals surface area (Å²) in [7, 11) is -1.13. The number of hydrogen-bond donors (Lipinski definition) is 2. The molecule has 2 rings (SSSR count). The predicted octanol–water partition coefficient (Wildman–Crippen LogP) is 1.42. The fourth-order valence-electron chi connectivity index (χ4n) is 2.65. The highest BCUT2D eigenvalue weighted by atomic mass is 32.2. The highest BCUT2D eigenvalue weighted by Gasteiger charge is 2.17. The molecule has 1 aliphatic rings. The standard InChI is InChI=1S/C15H25N3O2S/c1-18-10-7-13(8-11-18)6-9-17-21(19,20)12-14-2-4-15(16)5-3-14/h2-5,13,17H,6-12,16H2,1H3. The molecule has 1 heterocycles. The average molecular weight is 311 g/mol. The monoisotopic (exact) mass is 311 g/mol. The molecule has 0 amide bonds. The molecule has 0 aromatic heterocycles. The Balaban J connectivity index is 1.75. The zero-order chi connectivity index (χ0) is 15.3. The van der Waals surface area contributed by atoms with Crippen LogP contribution < -0.4 is 10.5 Å². The average Bonchev–Trinajstić information content (AvgIpc) is 2.43. The van der Waals surface area contributed by atoms with Crippen LogP contribution in [-0.4, -0.2) is 40.0 Å². The van der Waals surface area contributed by atoms with E-state index in [-0.39, 0.29) is 5.75 Å². The smallest absolute Gasteiger partial charge is 0.215 e. The van der Waals surface area contributed by atoms with Gasteiger partial charge in [0.15, 0.2) is 0 Å². The van der Waals surface area contributed by atoms with E-state index >= 15 is 0 Å². The van der Waals surface area contributed by atoms with Crippen molar-refractivity contribution < 1.29 is 8.42 Å².